The van der Waals surface area contributed by atoms with Crippen LogP contribution in [0.5, 0.6) is 0 Å². The van der Waals surface area contributed by atoms with Crippen LogP contribution in [0.25, 0.3) is 10.8 Å². The standard InChI is InChI=1S/C16H19N/c1-12-8-9-15(13-5-4-10-17-11-13)16-7-3-2-6-14(12)16/h2-3,6-9,13,17H,4-5,10-11H2,1H3. The van der Waals surface area contributed by atoms with Crippen LogP contribution >= 0.6 is 0 Å². The monoisotopic (exact) mass is 225 g/mol. The molecule has 1 atom stereocenters. The Bertz CT molecular complexity index is 524. The van der Waals surface area contributed by atoms with Crippen molar-refractivity contribution in [2.45, 2.75) is 25.7 Å². The summed E-state index contributed by atoms with van der Waals surface area (Å²) in [4.78, 5) is 0. The van der Waals surface area contributed by atoms with Gasteiger partial charge in [-0.25, -0.2) is 0 Å². The van der Waals surface area contributed by atoms with Crippen molar-refractivity contribution in [2.24, 2.45) is 0 Å². The van der Waals surface area contributed by atoms with Crippen LogP contribution in [0, 0.1) is 6.92 Å². The number of aryl methyl sites for hydroxylation is 1. The van der Waals surface area contributed by atoms with Crippen LogP contribution in [-0.2, 0) is 0 Å². The maximum Gasteiger partial charge on any atom is 0.00203 e. The van der Waals surface area contributed by atoms with E-state index in [1.165, 1.54) is 41.3 Å². The molecule has 0 saturated carbocycles. The Labute approximate surface area is 103 Å². The van der Waals surface area contributed by atoms with Crippen LogP contribution < -0.4 is 5.32 Å². The molecule has 0 amide bonds. The summed E-state index contributed by atoms with van der Waals surface area (Å²) in [5.74, 6) is 0.689. The molecule has 0 bridgehead atoms. The average Bonchev–Trinajstić information content (AvgIpc) is 2.41. The van der Waals surface area contributed by atoms with Gasteiger partial charge in [-0.2, -0.15) is 0 Å². The van der Waals surface area contributed by atoms with Gasteiger partial charge in [0.2, 0.25) is 0 Å². The molecule has 0 radical (unpaired) electrons. The van der Waals surface area contributed by atoms with E-state index in [1.54, 1.807) is 0 Å². The fraction of sp³-hybridized carbons (Fsp3) is 0.375. The van der Waals surface area contributed by atoms with Crippen molar-refractivity contribution in [3.8, 4) is 0 Å². The fourth-order valence-electron chi connectivity index (χ4n) is 2.95. The maximum atomic E-state index is 3.51. The van der Waals surface area contributed by atoms with E-state index in [1.807, 2.05) is 0 Å². The van der Waals surface area contributed by atoms with E-state index in [0.29, 0.717) is 5.92 Å². The van der Waals surface area contributed by atoms with Gasteiger partial charge in [0.15, 0.2) is 0 Å². The molecule has 0 aliphatic carbocycles. The molecule has 1 nitrogen and oxygen atoms in total. The maximum absolute atomic E-state index is 3.51. The van der Waals surface area contributed by atoms with Crippen molar-refractivity contribution in [3.63, 3.8) is 0 Å². The van der Waals surface area contributed by atoms with Crippen molar-refractivity contribution in [2.75, 3.05) is 13.1 Å². The Balaban J connectivity index is 2.12. The highest BCUT2D eigenvalue weighted by Crippen LogP contribution is 2.31. The fourth-order valence-corrected chi connectivity index (χ4v) is 2.95. The van der Waals surface area contributed by atoms with E-state index in [2.05, 4.69) is 48.6 Å². The number of hydrogen-bond donors (Lipinski definition) is 1. The van der Waals surface area contributed by atoms with E-state index in [-0.39, 0.29) is 0 Å². The summed E-state index contributed by atoms with van der Waals surface area (Å²) in [5, 5.41) is 6.37. The third kappa shape index (κ3) is 1.96. The molecule has 0 spiro atoms. The van der Waals surface area contributed by atoms with Crippen molar-refractivity contribution >= 4 is 10.8 Å². The van der Waals surface area contributed by atoms with E-state index in [9.17, 15) is 0 Å². The minimum Gasteiger partial charge on any atom is -0.316 e. The number of piperidine rings is 1. The smallest absolute Gasteiger partial charge is 0.00203 e. The molecule has 1 fully saturated rings. The van der Waals surface area contributed by atoms with E-state index >= 15 is 0 Å². The second kappa shape index (κ2) is 4.50. The molecule has 2 aromatic rings. The molecule has 1 heteroatoms. The molecule has 0 aromatic heterocycles. The number of nitrogens with one attached hydrogen (secondary N) is 1. The third-order valence-electron chi connectivity index (χ3n) is 3.91. The van der Waals surface area contributed by atoms with Crippen LogP contribution in [0.4, 0.5) is 0 Å². The number of benzene rings is 2. The summed E-state index contributed by atoms with van der Waals surface area (Å²) < 4.78 is 0. The number of hydrogen-bond acceptors (Lipinski definition) is 1. The van der Waals surface area contributed by atoms with Gasteiger partial charge in [-0.1, -0.05) is 36.4 Å². The van der Waals surface area contributed by atoms with Crippen molar-refractivity contribution in [1.29, 1.82) is 0 Å². The molecular formula is C16H19N. The zero-order chi connectivity index (χ0) is 11.7. The lowest BCUT2D eigenvalue weighted by atomic mass is 9.87. The van der Waals surface area contributed by atoms with Gasteiger partial charge in [0.1, 0.15) is 0 Å². The quantitative estimate of drug-likeness (QED) is 0.781. The molecule has 1 N–H and O–H groups in total. The third-order valence-corrected chi connectivity index (χ3v) is 3.91. The van der Waals surface area contributed by atoms with Crippen molar-refractivity contribution in [3.05, 3.63) is 47.5 Å². The summed E-state index contributed by atoms with van der Waals surface area (Å²) in [6.45, 7) is 4.51. The lowest BCUT2D eigenvalue weighted by Gasteiger charge is -2.24. The number of rotatable bonds is 1. The minimum atomic E-state index is 0.689. The predicted molar refractivity (Wildman–Crippen MR) is 73.5 cm³/mol. The van der Waals surface area contributed by atoms with Crippen LogP contribution in [0.2, 0.25) is 0 Å². The van der Waals surface area contributed by atoms with E-state index < -0.39 is 0 Å². The summed E-state index contributed by atoms with van der Waals surface area (Å²) >= 11 is 0. The topological polar surface area (TPSA) is 12.0 Å². The first kappa shape index (κ1) is 10.8. The van der Waals surface area contributed by atoms with Gasteiger partial charge in [0, 0.05) is 6.54 Å². The predicted octanol–water partition coefficient (Wildman–Crippen LogP) is 3.62. The van der Waals surface area contributed by atoms with E-state index in [4.69, 9.17) is 0 Å². The highest BCUT2D eigenvalue weighted by molar-refractivity contribution is 5.89. The lowest BCUT2D eigenvalue weighted by Crippen LogP contribution is -2.28. The largest absolute Gasteiger partial charge is 0.316 e. The normalized spacial score (nSPS) is 20.6. The highest BCUT2D eigenvalue weighted by Gasteiger charge is 2.17. The van der Waals surface area contributed by atoms with Crippen LogP contribution in [-0.4, -0.2) is 13.1 Å². The second-order valence-electron chi connectivity index (χ2n) is 5.06. The molecule has 1 aliphatic heterocycles. The van der Waals surface area contributed by atoms with Crippen LogP contribution in [0.15, 0.2) is 36.4 Å². The highest BCUT2D eigenvalue weighted by atomic mass is 14.9. The first-order valence-electron chi connectivity index (χ1n) is 6.55. The lowest BCUT2D eigenvalue weighted by molar-refractivity contribution is 0.463. The molecule has 1 heterocycles. The first-order valence-corrected chi connectivity index (χ1v) is 6.55. The molecule has 1 aliphatic rings. The van der Waals surface area contributed by atoms with E-state index in [0.717, 1.165) is 6.54 Å². The first-order chi connectivity index (χ1) is 8.36. The van der Waals surface area contributed by atoms with Crippen LogP contribution in [0.3, 0.4) is 0 Å². The van der Waals surface area contributed by atoms with Gasteiger partial charge in [-0.15, -0.1) is 0 Å². The Morgan fingerprint density at radius 2 is 1.88 bits per heavy atom. The Kier molecular flexibility index (Phi) is 2.86. The van der Waals surface area contributed by atoms with Crippen LogP contribution in [0.1, 0.15) is 29.9 Å². The van der Waals surface area contributed by atoms with Gasteiger partial charge in [-0.05, 0) is 54.1 Å². The molecular weight excluding hydrogens is 206 g/mol. The molecule has 17 heavy (non-hydrogen) atoms. The molecule has 1 saturated heterocycles. The summed E-state index contributed by atoms with van der Waals surface area (Å²) in [6.07, 6.45) is 2.62. The number of fused-ring (bicyclic) bond motifs is 1. The average molecular weight is 225 g/mol. The molecule has 88 valence electrons. The summed E-state index contributed by atoms with van der Waals surface area (Å²) in [5.41, 5.74) is 2.91. The Morgan fingerprint density at radius 1 is 1.06 bits per heavy atom. The van der Waals surface area contributed by atoms with Crippen molar-refractivity contribution < 1.29 is 0 Å². The Hall–Kier alpha value is -1.34. The molecule has 3 rings (SSSR count). The van der Waals surface area contributed by atoms with Crippen molar-refractivity contribution in [1.82, 2.24) is 5.32 Å². The van der Waals surface area contributed by atoms with Gasteiger partial charge in [0.25, 0.3) is 0 Å². The zero-order valence-corrected chi connectivity index (χ0v) is 10.4. The second-order valence-corrected chi connectivity index (χ2v) is 5.06. The van der Waals surface area contributed by atoms with Gasteiger partial charge in [0.05, 0.1) is 0 Å². The van der Waals surface area contributed by atoms with Gasteiger partial charge in [-0.3, -0.25) is 0 Å². The molecule has 2 aromatic carbocycles. The zero-order valence-electron chi connectivity index (χ0n) is 10.4. The molecule has 1 unspecified atom stereocenters. The minimum absolute atomic E-state index is 0.689. The van der Waals surface area contributed by atoms with Gasteiger partial charge >= 0.3 is 0 Å². The summed E-state index contributed by atoms with van der Waals surface area (Å²) in [7, 11) is 0. The summed E-state index contributed by atoms with van der Waals surface area (Å²) in [6, 6.07) is 13.4. The SMILES string of the molecule is Cc1ccc(C2CCCNC2)c2ccccc12. The Morgan fingerprint density at radius 3 is 2.65 bits per heavy atom. The van der Waals surface area contributed by atoms with Gasteiger partial charge < -0.3 is 5.32 Å².